The van der Waals surface area contributed by atoms with Crippen molar-refractivity contribution in [3.63, 3.8) is 0 Å². The first-order valence-electron chi connectivity index (χ1n) is 8.97. The summed E-state index contributed by atoms with van der Waals surface area (Å²) in [7, 11) is 0. The van der Waals surface area contributed by atoms with Crippen molar-refractivity contribution in [3.8, 4) is 12.1 Å². The number of carbonyl (C=O) groups is 2. The highest BCUT2D eigenvalue weighted by molar-refractivity contribution is 8.00. The third kappa shape index (κ3) is 3.48. The van der Waals surface area contributed by atoms with Gasteiger partial charge in [0.25, 0.3) is 0 Å². The highest BCUT2D eigenvalue weighted by Gasteiger charge is 2.42. The van der Waals surface area contributed by atoms with E-state index in [0.717, 1.165) is 29.5 Å². The Labute approximate surface area is 186 Å². The minimum atomic E-state index is -0.772. The summed E-state index contributed by atoms with van der Waals surface area (Å²) in [5.74, 6) is -0.713. The lowest BCUT2D eigenvalue weighted by Crippen LogP contribution is -2.31. The molecule has 1 aliphatic heterocycles. The van der Waals surface area contributed by atoms with Crippen LogP contribution < -0.4 is 10.6 Å². The molecule has 2 aromatic rings. The van der Waals surface area contributed by atoms with E-state index in [1.54, 1.807) is 6.07 Å². The largest absolute Gasteiger partial charge is 0.383 e. The van der Waals surface area contributed by atoms with Crippen LogP contribution in [0, 0.1) is 22.7 Å². The van der Waals surface area contributed by atoms with Crippen molar-refractivity contribution in [2.45, 2.75) is 35.5 Å². The Morgan fingerprint density at radius 3 is 2.43 bits per heavy atom. The lowest BCUT2D eigenvalue weighted by Gasteiger charge is -2.16. The van der Waals surface area contributed by atoms with Crippen molar-refractivity contribution in [1.29, 1.82) is 10.5 Å². The van der Waals surface area contributed by atoms with E-state index in [2.05, 4.69) is 11.1 Å². The molecule has 1 atom stereocenters. The Kier molecular flexibility index (Phi) is 5.33. The van der Waals surface area contributed by atoms with E-state index in [1.165, 1.54) is 12.1 Å². The first-order chi connectivity index (χ1) is 14.3. The summed E-state index contributed by atoms with van der Waals surface area (Å²) in [6.07, 6.45) is 1.67. The number of nitrogens with two attached hydrogens (primary N) is 1. The van der Waals surface area contributed by atoms with E-state index in [0.29, 0.717) is 16.3 Å². The predicted octanol–water partition coefficient (Wildman–Crippen LogP) is 4.02. The fourth-order valence-electron chi connectivity index (χ4n) is 3.42. The highest BCUT2D eigenvalue weighted by atomic mass is 35.5. The molecule has 2 amide bonds. The van der Waals surface area contributed by atoms with Crippen LogP contribution in [0.2, 0.25) is 10.0 Å². The van der Waals surface area contributed by atoms with Crippen molar-refractivity contribution in [1.82, 2.24) is 4.98 Å². The van der Waals surface area contributed by atoms with E-state index in [-0.39, 0.29) is 39.3 Å². The van der Waals surface area contributed by atoms with Crippen LogP contribution in [0.15, 0.2) is 23.2 Å². The number of rotatable bonds is 4. The minimum Gasteiger partial charge on any atom is -0.383 e. The van der Waals surface area contributed by atoms with Crippen LogP contribution in [0.3, 0.4) is 0 Å². The Hall–Kier alpha value is -2.78. The third-order valence-electron chi connectivity index (χ3n) is 4.96. The highest BCUT2D eigenvalue weighted by Crippen LogP contribution is 2.47. The van der Waals surface area contributed by atoms with Gasteiger partial charge in [-0.05, 0) is 42.5 Å². The second-order valence-electron chi connectivity index (χ2n) is 6.94. The number of carbonyl (C=O) groups excluding carboxylic acids is 2. The maximum Gasteiger partial charge on any atom is 0.247 e. The minimum absolute atomic E-state index is 0.0269. The van der Waals surface area contributed by atoms with Crippen LogP contribution in [0.4, 0.5) is 11.5 Å². The lowest BCUT2D eigenvalue weighted by molar-refractivity contribution is -0.121. The van der Waals surface area contributed by atoms with Gasteiger partial charge in [-0.2, -0.15) is 10.5 Å². The summed E-state index contributed by atoms with van der Waals surface area (Å²) in [5, 5.41) is 19.2. The van der Waals surface area contributed by atoms with Gasteiger partial charge in [-0.3, -0.25) is 9.59 Å². The molecule has 0 bridgehead atoms. The SMILES string of the molecule is N#Cc1c(N)nc(S[C@@H]2CC(=O)N(c3ccc(Cl)c(Cl)c3)C2=O)c(C#N)c1C1CC1. The fraction of sp³-hybridized carbons (Fsp3) is 0.250. The number of anilines is 2. The Morgan fingerprint density at radius 1 is 1.13 bits per heavy atom. The van der Waals surface area contributed by atoms with Gasteiger partial charge in [0.05, 0.1) is 32.1 Å². The standard InChI is InChI=1S/C20H13Cl2N5O2S/c21-13-4-3-10(5-14(13)22)27-16(28)6-15(20(27)29)30-19-12(8-24)17(9-1-2-9)11(7-23)18(25)26-19/h3-5,9,15H,1-2,6H2,(H2,25,26)/t15-/m1/s1. The van der Waals surface area contributed by atoms with Gasteiger partial charge in [-0.1, -0.05) is 35.0 Å². The number of pyridine rings is 1. The maximum atomic E-state index is 13.0. The molecule has 7 nitrogen and oxygen atoms in total. The predicted molar refractivity (Wildman–Crippen MR) is 113 cm³/mol. The molecular formula is C20H13Cl2N5O2S. The van der Waals surface area contributed by atoms with Crippen molar-refractivity contribution in [2.75, 3.05) is 10.6 Å². The molecule has 1 saturated carbocycles. The number of aromatic nitrogens is 1. The molecule has 1 aromatic heterocycles. The summed E-state index contributed by atoms with van der Waals surface area (Å²) >= 11 is 13.0. The van der Waals surface area contributed by atoms with E-state index >= 15 is 0 Å². The quantitative estimate of drug-likeness (QED) is 0.687. The summed E-state index contributed by atoms with van der Waals surface area (Å²) in [6.45, 7) is 0. The molecule has 1 saturated heterocycles. The number of nitrogens with zero attached hydrogens (tertiary/aromatic N) is 4. The fourth-order valence-corrected chi connectivity index (χ4v) is 4.84. The second kappa shape index (κ2) is 7.81. The van der Waals surface area contributed by atoms with Gasteiger partial charge < -0.3 is 5.73 Å². The molecule has 4 rings (SSSR count). The van der Waals surface area contributed by atoms with Gasteiger partial charge in [-0.15, -0.1) is 0 Å². The number of thioether (sulfide) groups is 1. The lowest BCUT2D eigenvalue weighted by atomic mass is 10.0. The van der Waals surface area contributed by atoms with Crippen LogP contribution in [-0.4, -0.2) is 22.0 Å². The molecule has 2 fully saturated rings. The number of nitriles is 2. The van der Waals surface area contributed by atoms with Crippen molar-refractivity contribution in [3.05, 3.63) is 44.9 Å². The van der Waals surface area contributed by atoms with Crippen molar-refractivity contribution < 1.29 is 9.59 Å². The smallest absolute Gasteiger partial charge is 0.247 e. The molecule has 2 N–H and O–H groups in total. The Balaban J connectivity index is 1.68. The molecule has 1 aromatic carbocycles. The number of halogens is 2. The number of amides is 2. The Morgan fingerprint density at radius 2 is 1.83 bits per heavy atom. The van der Waals surface area contributed by atoms with Crippen LogP contribution in [0.1, 0.15) is 41.9 Å². The van der Waals surface area contributed by atoms with Gasteiger partial charge in [0.15, 0.2) is 0 Å². The summed E-state index contributed by atoms with van der Waals surface area (Å²) < 4.78 is 0. The number of imide groups is 1. The van der Waals surface area contributed by atoms with E-state index in [4.69, 9.17) is 28.9 Å². The normalized spacial score (nSPS) is 18.4. The average molecular weight is 458 g/mol. The zero-order chi connectivity index (χ0) is 21.6. The summed E-state index contributed by atoms with van der Waals surface area (Å²) in [5.41, 5.74) is 7.34. The van der Waals surface area contributed by atoms with Crippen molar-refractivity contribution >= 4 is 58.3 Å². The third-order valence-corrected chi connectivity index (χ3v) is 6.87. The molecule has 10 heteroatoms. The van der Waals surface area contributed by atoms with Crippen LogP contribution in [0.5, 0.6) is 0 Å². The molecule has 0 spiro atoms. The van der Waals surface area contributed by atoms with E-state index < -0.39 is 17.1 Å². The number of hydrogen-bond donors (Lipinski definition) is 1. The summed E-state index contributed by atoms with van der Waals surface area (Å²) in [6, 6.07) is 8.66. The second-order valence-corrected chi connectivity index (χ2v) is 8.95. The molecule has 150 valence electrons. The van der Waals surface area contributed by atoms with Gasteiger partial charge in [0, 0.05) is 6.42 Å². The van der Waals surface area contributed by atoms with Gasteiger partial charge in [0.1, 0.15) is 23.0 Å². The topological polar surface area (TPSA) is 124 Å². The molecular weight excluding hydrogens is 445 g/mol. The number of benzene rings is 1. The first kappa shape index (κ1) is 20.5. The average Bonchev–Trinajstić information content (AvgIpc) is 3.50. The van der Waals surface area contributed by atoms with Gasteiger partial charge in [0.2, 0.25) is 11.8 Å². The first-order valence-corrected chi connectivity index (χ1v) is 10.6. The van der Waals surface area contributed by atoms with Gasteiger partial charge in [-0.25, -0.2) is 9.88 Å². The van der Waals surface area contributed by atoms with E-state index in [1.807, 2.05) is 6.07 Å². The monoisotopic (exact) mass is 457 g/mol. The molecule has 0 unspecified atom stereocenters. The molecule has 30 heavy (non-hydrogen) atoms. The van der Waals surface area contributed by atoms with Crippen LogP contribution >= 0.6 is 35.0 Å². The summed E-state index contributed by atoms with van der Waals surface area (Å²) in [4.78, 5) is 30.8. The number of hydrogen-bond acceptors (Lipinski definition) is 7. The maximum absolute atomic E-state index is 13.0. The number of nitrogen functional groups attached to an aromatic ring is 1. The zero-order valence-electron chi connectivity index (χ0n) is 15.4. The van der Waals surface area contributed by atoms with Crippen LogP contribution in [0.25, 0.3) is 0 Å². The van der Waals surface area contributed by atoms with Gasteiger partial charge >= 0.3 is 0 Å². The molecule has 1 aliphatic carbocycles. The zero-order valence-corrected chi connectivity index (χ0v) is 17.7. The van der Waals surface area contributed by atoms with E-state index in [9.17, 15) is 20.1 Å². The van der Waals surface area contributed by atoms with Crippen molar-refractivity contribution in [2.24, 2.45) is 0 Å². The molecule has 0 radical (unpaired) electrons. The molecule has 2 heterocycles. The molecule has 2 aliphatic rings. The Bertz CT molecular complexity index is 1180. The van der Waals surface area contributed by atoms with Crippen LogP contribution in [-0.2, 0) is 9.59 Å².